The Hall–Kier alpha value is -1.71. The van der Waals surface area contributed by atoms with E-state index in [0.717, 1.165) is 32.1 Å². The minimum absolute atomic E-state index is 0.181. The number of hydrogen-bond donors (Lipinski definition) is 2. The van der Waals surface area contributed by atoms with Crippen molar-refractivity contribution in [2.24, 2.45) is 0 Å². The van der Waals surface area contributed by atoms with Crippen molar-refractivity contribution in [3.63, 3.8) is 0 Å². The monoisotopic (exact) mass is 620 g/mol. The Balaban J connectivity index is 2.01. The summed E-state index contributed by atoms with van der Waals surface area (Å²) in [6.45, 7) is 0.464. The number of unbranched alkanes of at least 4 members (excludes halogenated alkanes) is 15. The highest BCUT2D eigenvalue weighted by Gasteiger charge is 2.14. The lowest BCUT2D eigenvalue weighted by molar-refractivity contribution is -0.137. The maximum absolute atomic E-state index is 11.1. The van der Waals surface area contributed by atoms with E-state index in [9.17, 15) is 15.7 Å². The van der Waals surface area contributed by atoms with Crippen molar-refractivity contribution >= 4 is 31.7 Å². The quantitative estimate of drug-likeness (QED) is 0.0689. The van der Waals surface area contributed by atoms with E-state index in [1.54, 1.807) is 18.2 Å². The number of para-hydroxylation sites is 1. The number of benzene rings is 1. The number of halogens is 1. The zero-order valence-electron chi connectivity index (χ0n) is 21.7. The molecule has 0 radical (unpaired) electrons. The van der Waals surface area contributed by atoms with Crippen molar-refractivity contribution in [2.45, 2.75) is 116 Å². The van der Waals surface area contributed by atoms with Crippen molar-refractivity contribution in [1.82, 2.24) is 0 Å². The molecular formula is C28H45IO7. The van der Waals surface area contributed by atoms with Gasteiger partial charge in [-0.15, -0.1) is 0 Å². The van der Waals surface area contributed by atoms with Gasteiger partial charge in [0.05, 0.1) is 23.9 Å². The van der Waals surface area contributed by atoms with Crippen LogP contribution in [0.5, 0.6) is 5.75 Å². The molecule has 0 amide bonds. The van der Waals surface area contributed by atoms with E-state index in [1.807, 2.05) is 0 Å². The third-order valence-corrected chi connectivity index (χ3v) is 7.93. The number of carbonyl (C=O) groups is 2. The first-order valence-electron chi connectivity index (χ1n) is 13.6. The third kappa shape index (κ3) is 17.7. The van der Waals surface area contributed by atoms with Gasteiger partial charge in [-0.3, -0.25) is 9.59 Å². The van der Waals surface area contributed by atoms with Gasteiger partial charge in [-0.1, -0.05) is 108 Å². The van der Waals surface area contributed by atoms with Gasteiger partial charge in [-0.05, 0) is 12.8 Å². The van der Waals surface area contributed by atoms with Gasteiger partial charge in [0.25, 0.3) is 0 Å². The molecule has 36 heavy (non-hydrogen) atoms. The van der Waals surface area contributed by atoms with Gasteiger partial charge >= 0.3 is 31.7 Å². The fraction of sp³-hybridized carbons (Fsp3) is 0.714. The molecule has 0 spiro atoms. The van der Waals surface area contributed by atoms with Crippen molar-refractivity contribution in [3.05, 3.63) is 29.3 Å². The Labute approximate surface area is 223 Å². The van der Waals surface area contributed by atoms with Gasteiger partial charge in [-0.25, -0.2) is 6.14 Å². The third-order valence-electron chi connectivity index (χ3n) is 6.29. The van der Waals surface area contributed by atoms with E-state index in [1.165, 1.54) is 70.6 Å². The molecule has 0 saturated carbocycles. The molecule has 0 atom stereocenters. The molecule has 0 aromatic heterocycles. The van der Waals surface area contributed by atoms with Crippen molar-refractivity contribution in [3.8, 4) is 5.75 Å². The topological polar surface area (TPSA) is 118 Å². The molecule has 0 bridgehead atoms. The summed E-state index contributed by atoms with van der Waals surface area (Å²) in [7, 11) is 0. The summed E-state index contributed by atoms with van der Waals surface area (Å²) in [6.07, 6.45) is 18.5. The molecule has 0 aliphatic carbocycles. The van der Waals surface area contributed by atoms with Crippen LogP contribution in [0.25, 0.3) is 0 Å². The molecular weight excluding hydrogens is 575 g/mol. The van der Waals surface area contributed by atoms with Crippen LogP contribution in [0.15, 0.2) is 18.2 Å². The average Bonchev–Trinajstić information content (AvgIpc) is 2.81. The summed E-state index contributed by atoms with van der Waals surface area (Å²) < 4.78 is 27.4. The first-order valence-corrected chi connectivity index (χ1v) is 16.9. The van der Waals surface area contributed by atoms with Crippen molar-refractivity contribution < 1.29 is 30.7 Å². The molecule has 1 aromatic carbocycles. The van der Waals surface area contributed by atoms with E-state index in [0.29, 0.717) is 27.9 Å². The summed E-state index contributed by atoms with van der Waals surface area (Å²) in [6, 6.07) is 5.05. The van der Waals surface area contributed by atoms with Gasteiger partial charge in [0, 0.05) is 11.1 Å². The van der Waals surface area contributed by atoms with Gasteiger partial charge in [-0.2, -0.15) is 0 Å². The minimum atomic E-state index is -2.97. The van der Waals surface area contributed by atoms with E-state index in [4.69, 9.17) is 14.9 Å². The Kier molecular flexibility index (Phi) is 19.2. The number of carboxylic acid groups (broad SMARTS) is 2. The largest absolute Gasteiger partial charge is 0.493 e. The number of carboxylic acids is 2. The molecule has 0 aliphatic heterocycles. The molecule has 1 rings (SSSR count). The smallest absolute Gasteiger partial charge is 0.307 e. The highest BCUT2D eigenvalue weighted by atomic mass is 127. The predicted molar refractivity (Wildman–Crippen MR) is 149 cm³/mol. The molecule has 7 nitrogen and oxygen atoms in total. The van der Waals surface area contributed by atoms with Crippen molar-refractivity contribution in [2.75, 3.05) is 11.0 Å². The predicted octanol–water partition coefficient (Wildman–Crippen LogP) is 7.76. The van der Waals surface area contributed by atoms with E-state index in [2.05, 4.69) is 0 Å². The SMILES string of the molecule is O=C(O)Cc1cccc(CC(=O)O)c1OCCCCCCCCCCCCCCCCCCI(=O)=O. The Morgan fingerprint density at radius 1 is 0.611 bits per heavy atom. The van der Waals surface area contributed by atoms with E-state index < -0.39 is 31.7 Å². The highest BCUT2D eigenvalue weighted by Crippen LogP contribution is 2.26. The van der Waals surface area contributed by atoms with Gasteiger partial charge in [0.1, 0.15) is 5.75 Å². The van der Waals surface area contributed by atoms with Crippen LogP contribution < -0.4 is 4.74 Å². The zero-order valence-corrected chi connectivity index (χ0v) is 23.8. The van der Waals surface area contributed by atoms with Crippen LogP contribution in [0.2, 0.25) is 0 Å². The normalized spacial score (nSPS) is 11.1. The van der Waals surface area contributed by atoms with Crippen LogP contribution in [-0.2, 0) is 28.6 Å². The number of hydrogen-bond acceptors (Lipinski definition) is 5. The number of alkyl halides is 1. The number of aliphatic carboxylic acids is 2. The zero-order chi connectivity index (χ0) is 26.4. The molecule has 1 aromatic rings. The van der Waals surface area contributed by atoms with Gasteiger partial charge < -0.3 is 14.9 Å². The molecule has 0 heterocycles. The van der Waals surface area contributed by atoms with Crippen LogP contribution in [0.4, 0.5) is 0 Å². The summed E-state index contributed by atoms with van der Waals surface area (Å²) in [5.74, 6) is -1.51. The van der Waals surface area contributed by atoms with Gasteiger partial charge in [0.15, 0.2) is 0 Å². The maximum atomic E-state index is 11.1. The molecule has 2 N–H and O–H groups in total. The molecule has 8 heteroatoms. The lowest BCUT2D eigenvalue weighted by Gasteiger charge is -2.14. The van der Waals surface area contributed by atoms with Crippen molar-refractivity contribution in [1.29, 1.82) is 0 Å². The summed E-state index contributed by atoms with van der Waals surface area (Å²) >= 11 is -2.97. The fourth-order valence-corrected chi connectivity index (χ4v) is 5.54. The first-order chi connectivity index (χ1) is 17.4. The van der Waals surface area contributed by atoms with Crippen LogP contribution in [-0.4, -0.2) is 33.2 Å². The average molecular weight is 621 g/mol. The standard InChI is InChI=1S/C28H45IO7/c30-26(31)22-24-18-17-19-25(23-27(32)33)28(24)36-21-16-14-12-10-8-6-4-2-1-3-5-7-9-11-13-15-20-29(34)35/h17-19H,1-16,20-23H2,(H,30,31)(H,32,33). The molecule has 0 aliphatic rings. The summed E-state index contributed by atoms with van der Waals surface area (Å²) in [5, 5.41) is 18.2. The lowest BCUT2D eigenvalue weighted by Crippen LogP contribution is -2.09. The fourth-order valence-electron chi connectivity index (χ4n) is 4.38. The second-order valence-corrected chi connectivity index (χ2v) is 12.2. The minimum Gasteiger partial charge on any atom is -0.493 e. The summed E-state index contributed by atoms with van der Waals surface area (Å²) in [5.41, 5.74) is 1.05. The highest BCUT2D eigenvalue weighted by molar-refractivity contribution is 14.2. The van der Waals surface area contributed by atoms with E-state index >= 15 is 0 Å². The molecule has 0 fully saturated rings. The lowest BCUT2D eigenvalue weighted by atomic mass is 10.0. The second kappa shape index (κ2) is 21.4. The number of ether oxygens (including phenoxy) is 1. The molecule has 206 valence electrons. The molecule has 0 unspecified atom stereocenters. The van der Waals surface area contributed by atoms with Crippen LogP contribution >= 0.6 is 19.8 Å². The first kappa shape index (κ1) is 32.3. The van der Waals surface area contributed by atoms with Crippen LogP contribution in [0.3, 0.4) is 0 Å². The molecule has 0 saturated heterocycles. The van der Waals surface area contributed by atoms with E-state index in [-0.39, 0.29) is 12.8 Å². The Morgan fingerprint density at radius 3 is 1.33 bits per heavy atom. The second-order valence-electron chi connectivity index (χ2n) is 9.52. The van der Waals surface area contributed by atoms with Gasteiger partial charge in [0.2, 0.25) is 0 Å². The number of rotatable bonds is 24. The summed E-state index contributed by atoms with van der Waals surface area (Å²) in [4.78, 5) is 22.3. The van der Waals surface area contributed by atoms with Crippen LogP contribution in [0.1, 0.15) is 114 Å². The Morgan fingerprint density at radius 2 is 0.972 bits per heavy atom. The Bertz CT molecular complexity index is 778. The maximum Gasteiger partial charge on any atom is 0.307 e. The van der Waals surface area contributed by atoms with Crippen LogP contribution in [0, 0.1) is 0 Å².